The van der Waals surface area contributed by atoms with Crippen LogP contribution in [0.2, 0.25) is 0 Å². The van der Waals surface area contributed by atoms with Gasteiger partial charge in [0.15, 0.2) is 0 Å². The first-order valence-corrected chi connectivity index (χ1v) is 7.14. The lowest BCUT2D eigenvalue weighted by molar-refractivity contribution is 0.574. The van der Waals surface area contributed by atoms with Crippen molar-refractivity contribution in [3.05, 3.63) is 29.6 Å². The molecular weight excluding hydrogens is 243 g/mol. The van der Waals surface area contributed by atoms with E-state index < -0.39 is 15.8 Å². The lowest BCUT2D eigenvalue weighted by Gasteiger charge is -2.28. The fourth-order valence-corrected chi connectivity index (χ4v) is 3.58. The summed E-state index contributed by atoms with van der Waals surface area (Å²) in [5.41, 5.74) is 6.25. The smallest absolute Gasteiger partial charge is 0.235 e. The molecule has 0 radical (unpaired) electrons. The number of rotatable bonds is 2. The highest BCUT2D eigenvalue weighted by Gasteiger charge is 2.26. The molecule has 4 nitrogen and oxygen atoms in total. The summed E-state index contributed by atoms with van der Waals surface area (Å²) in [5, 5.41) is 0. The van der Waals surface area contributed by atoms with Gasteiger partial charge < -0.3 is 5.73 Å². The lowest BCUT2D eigenvalue weighted by atomic mass is 10.2. The van der Waals surface area contributed by atoms with E-state index in [1.165, 1.54) is 22.5 Å². The summed E-state index contributed by atoms with van der Waals surface area (Å²) < 4.78 is 38.4. The van der Waals surface area contributed by atoms with Gasteiger partial charge in [-0.25, -0.2) is 12.8 Å². The third-order valence-electron chi connectivity index (χ3n) is 2.89. The van der Waals surface area contributed by atoms with Crippen molar-refractivity contribution < 1.29 is 12.8 Å². The standard InChI is InChI=1S/C11H15FN2O2S/c12-11-4-3-10(7-9(11)8-13)14-5-1-2-6-17(14,15)16/h3-4,7H,1-2,5-6,8,13H2. The Balaban J connectivity index is 2.39. The largest absolute Gasteiger partial charge is 0.326 e. The van der Waals surface area contributed by atoms with Crippen LogP contribution in [-0.4, -0.2) is 20.7 Å². The van der Waals surface area contributed by atoms with Crippen molar-refractivity contribution in [2.75, 3.05) is 16.6 Å². The quantitative estimate of drug-likeness (QED) is 0.867. The Bertz CT molecular complexity index is 516. The van der Waals surface area contributed by atoms with Crippen molar-refractivity contribution in [1.82, 2.24) is 0 Å². The van der Waals surface area contributed by atoms with Gasteiger partial charge in [0.2, 0.25) is 10.0 Å². The molecule has 6 heteroatoms. The molecule has 1 heterocycles. The Labute approximate surface area is 100 Å². The minimum Gasteiger partial charge on any atom is -0.326 e. The van der Waals surface area contributed by atoms with Crippen molar-refractivity contribution in [3.8, 4) is 0 Å². The normalized spacial score (nSPS) is 19.3. The van der Waals surface area contributed by atoms with Crippen molar-refractivity contribution >= 4 is 15.7 Å². The summed E-state index contributed by atoms with van der Waals surface area (Å²) in [5.74, 6) is -0.242. The predicted octanol–water partition coefficient (Wildman–Crippen LogP) is 1.21. The number of hydrogen-bond donors (Lipinski definition) is 1. The first kappa shape index (κ1) is 12.3. The van der Waals surface area contributed by atoms with Gasteiger partial charge in [0, 0.05) is 18.7 Å². The van der Waals surface area contributed by atoms with Gasteiger partial charge in [-0.2, -0.15) is 0 Å². The summed E-state index contributed by atoms with van der Waals surface area (Å²) in [6.07, 6.45) is 1.51. The van der Waals surface area contributed by atoms with E-state index in [4.69, 9.17) is 5.73 Å². The second kappa shape index (κ2) is 4.62. The Hall–Kier alpha value is -1.14. The third-order valence-corrected chi connectivity index (χ3v) is 4.76. The number of halogens is 1. The highest BCUT2D eigenvalue weighted by atomic mass is 32.2. The van der Waals surface area contributed by atoms with Crippen LogP contribution < -0.4 is 10.0 Å². The number of anilines is 1. The molecule has 1 aliphatic heterocycles. The van der Waals surface area contributed by atoms with E-state index in [1.54, 1.807) is 0 Å². The van der Waals surface area contributed by atoms with Crippen LogP contribution in [0, 0.1) is 5.82 Å². The molecule has 0 unspecified atom stereocenters. The molecular formula is C11H15FN2O2S. The van der Waals surface area contributed by atoms with Crippen LogP contribution >= 0.6 is 0 Å². The summed E-state index contributed by atoms with van der Waals surface area (Å²) in [4.78, 5) is 0. The van der Waals surface area contributed by atoms with Gasteiger partial charge in [-0.05, 0) is 31.0 Å². The topological polar surface area (TPSA) is 63.4 Å². The average Bonchev–Trinajstić information content (AvgIpc) is 2.30. The molecule has 1 aromatic carbocycles. The molecule has 1 saturated heterocycles. The number of nitrogens with two attached hydrogens (primary N) is 1. The van der Waals surface area contributed by atoms with Crippen molar-refractivity contribution in [1.29, 1.82) is 0 Å². The number of nitrogens with zero attached hydrogens (tertiary/aromatic N) is 1. The van der Waals surface area contributed by atoms with Crippen LogP contribution in [0.3, 0.4) is 0 Å². The van der Waals surface area contributed by atoms with Crippen LogP contribution in [0.1, 0.15) is 18.4 Å². The molecule has 0 atom stereocenters. The molecule has 0 aliphatic carbocycles. The molecule has 1 aliphatic rings. The van der Waals surface area contributed by atoms with E-state index in [0.29, 0.717) is 24.2 Å². The SMILES string of the molecule is NCc1cc(N2CCCCS2(=O)=O)ccc1F. The van der Waals surface area contributed by atoms with Crippen molar-refractivity contribution in [3.63, 3.8) is 0 Å². The van der Waals surface area contributed by atoms with Gasteiger partial charge in [0.25, 0.3) is 0 Å². The molecule has 1 fully saturated rings. The number of sulfonamides is 1. The summed E-state index contributed by atoms with van der Waals surface area (Å²) in [7, 11) is -3.24. The molecule has 1 aromatic rings. The molecule has 0 bridgehead atoms. The zero-order valence-corrected chi connectivity index (χ0v) is 10.2. The molecule has 2 N–H and O–H groups in total. The summed E-state index contributed by atoms with van der Waals surface area (Å²) in [6, 6.07) is 4.26. The lowest BCUT2D eigenvalue weighted by Crippen LogP contribution is -2.37. The van der Waals surface area contributed by atoms with E-state index >= 15 is 0 Å². The van der Waals surface area contributed by atoms with Gasteiger partial charge >= 0.3 is 0 Å². The van der Waals surface area contributed by atoms with Crippen LogP contribution in [0.15, 0.2) is 18.2 Å². The monoisotopic (exact) mass is 258 g/mol. The first-order chi connectivity index (χ1) is 8.04. The second-order valence-corrected chi connectivity index (χ2v) is 6.09. The van der Waals surface area contributed by atoms with E-state index in [2.05, 4.69) is 0 Å². The van der Waals surface area contributed by atoms with Gasteiger partial charge in [-0.3, -0.25) is 4.31 Å². The molecule has 17 heavy (non-hydrogen) atoms. The average molecular weight is 258 g/mol. The fraction of sp³-hybridized carbons (Fsp3) is 0.455. The third kappa shape index (κ3) is 2.42. The van der Waals surface area contributed by atoms with Crippen molar-refractivity contribution in [2.45, 2.75) is 19.4 Å². The highest BCUT2D eigenvalue weighted by Crippen LogP contribution is 2.25. The Morgan fingerprint density at radius 3 is 2.76 bits per heavy atom. The van der Waals surface area contributed by atoms with Crippen LogP contribution in [0.5, 0.6) is 0 Å². The van der Waals surface area contributed by atoms with Gasteiger partial charge in [-0.15, -0.1) is 0 Å². The molecule has 0 spiro atoms. The molecule has 0 amide bonds. The molecule has 0 saturated carbocycles. The Morgan fingerprint density at radius 1 is 1.35 bits per heavy atom. The molecule has 2 rings (SSSR count). The summed E-state index contributed by atoms with van der Waals surface area (Å²) in [6.45, 7) is 0.519. The first-order valence-electron chi connectivity index (χ1n) is 5.53. The maximum Gasteiger partial charge on any atom is 0.235 e. The zero-order chi connectivity index (χ0) is 12.5. The van der Waals surface area contributed by atoms with Crippen LogP contribution in [0.4, 0.5) is 10.1 Å². The predicted molar refractivity (Wildman–Crippen MR) is 64.7 cm³/mol. The highest BCUT2D eigenvalue weighted by molar-refractivity contribution is 7.92. The van der Waals surface area contributed by atoms with Crippen LogP contribution in [-0.2, 0) is 16.6 Å². The Kier molecular flexibility index (Phi) is 3.35. The van der Waals surface area contributed by atoms with Gasteiger partial charge in [0.05, 0.1) is 11.4 Å². The van der Waals surface area contributed by atoms with Crippen molar-refractivity contribution in [2.24, 2.45) is 5.73 Å². The van der Waals surface area contributed by atoms with Gasteiger partial charge in [-0.1, -0.05) is 0 Å². The number of benzene rings is 1. The number of hydrogen-bond acceptors (Lipinski definition) is 3. The molecule has 0 aromatic heterocycles. The zero-order valence-electron chi connectivity index (χ0n) is 9.39. The van der Waals surface area contributed by atoms with Crippen LogP contribution in [0.25, 0.3) is 0 Å². The Morgan fingerprint density at radius 2 is 2.12 bits per heavy atom. The minimum atomic E-state index is -3.24. The summed E-state index contributed by atoms with van der Waals surface area (Å²) >= 11 is 0. The maximum absolute atomic E-state index is 13.3. The van der Waals surface area contributed by atoms with E-state index in [1.807, 2.05) is 0 Å². The fourth-order valence-electron chi connectivity index (χ4n) is 1.95. The maximum atomic E-state index is 13.3. The van der Waals surface area contributed by atoms with E-state index in [9.17, 15) is 12.8 Å². The minimum absolute atomic E-state index is 0.0631. The second-order valence-electron chi connectivity index (χ2n) is 4.08. The van der Waals surface area contributed by atoms with E-state index in [-0.39, 0.29) is 12.3 Å². The van der Waals surface area contributed by atoms with Gasteiger partial charge in [0.1, 0.15) is 5.82 Å². The van der Waals surface area contributed by atoms with E-state index in [0.717, 1.165) is 6.42 Å². The molecule has 94 valence electrons.